The quantitative estimate of drug-likeness (QED) is 0.540. The van der Waals surface area contributed by atoms with Gasteiger partial charge in [-0.1, -0.05) is 78.9 Å². The average Bonchev–Trinajstić information content (AvgIpc) is 2.81. The molecule has 0 amide bonds. The van der Waals surface area contributed by atoms with Crippen LogP contribution in [-0.2, 0) is 10.0 Å². The number of carbonyl (C=O) groups is 2. The molecule has 0 spiro atoms. The van der Waals surface area contributed by atoms with Gasteiger partial charge in [-0.2, -0.15) is 0 Å². The maximum atomic E-state index is 13.7. The highest BCUT2D eigenvalue weighted by Gasteiger charge is 2.41. The molecule has 32 heavy (non-hydrogen) atoms. The minimum atomic E-state index is -4.15. The Morgan fingerprint density at radius 1 is 0.781 bits per heavy atom. The van der Waals surface area contributed by atoms with Crippen molar-refractivity contribution in [1.82, 2.24) is 9.21 Å². The average molecular weight is 447 g/mol. The van der Waals surface area contributed by atoms with Crippen LogP contribution < -0.4 is 0 Å². The number of benzene rings is 3. The van der Waals surface area contributed by atoms with Crippen molar-refractivity contribution < 1.29 is 18.0 Å². The summed E-state index contributed by atoms with van der Waals surface area (Å²) in [4.78, 5) is 28.5. The molecule has 3 aromatic rings. The van der Waals surface area contributed by atoms with E-state index in [9.17, 15) is 18.0 Å². The third-order valence-electron chi connectivity index (χ3n) is 5.27. The van der Waals surface area contributed by atoms with Gasteiger partial charge in [0.1, 0.15) is 5.70 Å². The van der Waals surface area contributed by atoms with Crippen molar-refractivity contribution in [1.29, 1.82) is 0 Å². The zero-order valence-corrected chi connectivity index (χ0v) is 18.5. The Balaban J connectivity index is 1.95. The lowest BCUT2D eigenvalue weighted by Gasteiger charge is -2.35. The molecule has 0 saturated heterocycles. The van der Waals surface area contributed by atoms with Crippen molar-refractivity contribution in [2.24, 2.45) is 0 Å². The summed E-state index contributed by atoms with van der Waals surface area (Å²) in [5.74, 6) is -0.863. The topological polar surface area (TPSA) is 74.8 Å². The zero-order valence-electron chi connectivity index (χ0n) is 17.7. The van der Waals surface area contributed by atoms with Crippen molar-refractivity contribution in [3.05, 3.63) is 107 Å². The van der Waals surface area contributed by atoms with Crippen molar-refractivity contribution in [2.45, 2.75) is 4.90 Å². The van der Waals surface area contributed by atoms with Gasteiger partial charge in [0, 0.05) is 30.8 Å². The summed E-state index contributed by atoms with van der Waals surface area (Å²) in [5.41, 5.74) is 1.56. The lowest BCUT2D eigenvalue weighted by Crippen LogP contribution is -2.42. The molecule has 1 aliphatic heterocycles. The molecule has 3 aromatic carbocycles. The first-order valence-electron chi connectivity index (χ1n) is 10.0. The molecule has 7 heteroatoms. The van der Waals surface area contributed by atoms with Crippen LogP contribution >= 0.6 is 0 Å². The van der Waals surface area contributed by atoms with Gasteiger partial charge >= 0.3 is 0 Å². The van der Waals surface area contributed by atoms with Crippen molar-refractivity contribution in [2.75, 3.05) is 20.6 Å². The molecule has 0 fully saturated rings. The summed E-state index contributed by atoms with van der Waals surface area (Å²) in [6.07, 6.45) is 0. The van der Waals surface area contributed by atoms with E-state index in [1.165, 1.54) is 6.07 Å². The molecular weight excluding hydrogens is 424 g/mol. The lowest BCUT2D eigenvalue weighted by atomic mass is 10.0. The van der Waals surface area contributed by atoms with Gasteiger partial charge in [-0.3, -0.25) is 13.9 Å². The van der Waals surface area contributed by atoms with Gasteiger partial charge in [0.15, 0.2) is 5.78 Å². The Hall–Kier alpha value is -3.71. The third kappa shape index (κ3) is 3.71. The van der Waals surface area contributed by atoms with Gasteiger partial charge in [0.25, 0.3) is 10.0 Å². The van der Waals surface area contributed by atoms with Crippen LogP contribution in [0.25, 0.3) is 5.70 Å². The molecule has 0 N–H and O–H groups in total. The maximum Gasteiger partial charge on any atom is 0.265 e. The van der Waals surface area contributed by atoms with E-state index in [-0.39, 0.29) is 10.6 Å². The van der Waals surface area contributed by atoms with Crippen LogP contribution in [0, 0.1) is 0 Å². The Morgan fingerprint density at radius 3 is 1.91 bits per heavy atom. The number of fused-ring (bicyclic) bond motifs is 1. The molecule has 6 nitrogen and oxygen atoms in total. The second kappa shape index (κ2) is 8.43. The van der Waals surface area contributed by atoms with E-state index >= 15 is 0 Å². The van der Waals surface area contributed by atoms with Crippen LogP contribution in [0.1, 0.15) is 26.3 Å². The van der Waals surface area contributed by atoms with E-state index in [1.807, 2.05) is 0 Å². The Bertz CT molecular complexity index is 1310. The molecule has 0 aliphatic carbocycles. The molecule has 0 atom stereocenters. The predicted molar refractivity (Wildman–Crippen MR) is 122 cm³/mol. The van der Waals surface area contributed by atoms with Gasteiger partial charge in [0.05, 0.1) is 17.1 Å². The number of nitrogens with zero attached hydrogens (tertiary/aromatic N) is 2. The summed E-state index contributed by atoms with van der Waals surface area (Å²) in [5, 5.41) is 0. The van der Waals surface area contributed by atoms with E-state index in [4.69, 9.17) is 0 Å². The summed E-state index contributed by atoms with van der Waals surface area (Å²) in [7, 11) is -0.648. The molecule has 162 valence electrons. The highest BCUT2D eigenvalue weighted by molar-refractivity contribution is 7.89. The summed E-state index contributed by atoms with van der Waals surface area (Å²) >= 11 is 0. The molecule has 0 saturated carbocycles. The fourth-order valence-corrected chi connectivity index (χ4v) is 5.41. The number of hydrogen-bond donors (Lipinski definition) is 0. The van der Waals surface area contributed by atoms with Crippen LogP contribution in [0.2, 0.25) is 0 Å². The minimum absolute atomic E-state index is 0.0378. The van der Waals surface area contributed by atoms with Crippen LogP contribution in [0.3, 0.4) is 0 Å². The molecule has 1 aliphatic rings. The van der Waals surface area contributed by atoms with Crippen LogP contribution in [-0.4, -0.2) is 49.8 Å². The third-order valence-corrected chi connectivity index (χ3v) is 7.07. The number of Topliss-reactive ketones (excluding diaryl/α,β-unsaturated/α-hetero) is 2. The summed E-state index contributed by atoms with van der Waals surface area (Å²) in [6.45, 7) is -0.480. The van der Waals surface area contributed by atoms with Gasteiger partial charge in [0.2, 0.25) is 5.78 Å². The van der Waals surface area contributed by atoms with Crippen LogP contribution in [0.5, 0.6) is 0 Å². The van der Waals surface area contributed by atoms with E-state index in [1.54, 1.807) is 97.9 Å². The molecule has 4 rings (SSSR count). The first-order chi connectivity index (χ1) is 15.3. The number of carbonyl (C=O) groups excluding carboxylic acids is 2. The molecule has 0 aromatic heterocycles. The number of hydrogen-bond acceptors (Lipinski definition) is 5. The number of sulfonamides is 1. The van der Waals surface area contributed by atoms with Gasteiger partial charge in [-0.15, -0.1) is 0 Å². The van der Waals surface area contributed by atoms with E-state index in [0.717, 1.165) is 4.31 Å². The monoisotopic (exact) mass is 446 g/mol. The normalized spacial score (nSPS) is 14.6. The van der Waals surface area contributed by atoms with E-state index in [2.05, 4.69) is 0 Å². The van der Waals surface area contributed by atoms with Crippen molar-refractivity contribution in [3.8, 4) is 0 Å². The highest BCUT2D eigenvalue weighted by Crippen LogP contribution is 2.39. The van der Waals surface area contributed by atoms with Crippen molar-refractivity contribution >= 4 is 27.3 Å². The number of ketones is 2. The predicted octanol–water partition coefficient (Wildman–Crippen LogP) is 3.69. The smallest absolute Gasteiger partial charge is 0.265 e. The standard InChI is InChI=1S/C25H22N2O4S/c1-26(2)23-20-15-9-10-16-22(20)32(30,31)27(17-21(28)18-11-5-3-6-12-18)24(23)25(29)19-13-7-4-8-14-19/h3-16H,17H2,1-2H3. The fraction of sp³-hybridized carbons (Fsp3) is 0.120. The number of rotatable bonds is 6. The number of allylic oxidation sites excluding steroid dienone is 1. The Labute approximate surface area is 187 Å². The van der Waals surface area contributed by atoms with Gasteiger partial charge < -0.3 is 4.90 Å². The molecule has 0 unspecified atom stereocenters. The second-order valence-corrected chi connectivity index (χ2v) is 9.41. The van der Waals surface area contributed by atoms with E-state index in [0.29, 0.717) is 22.4 Å². The highest BCUT2D eigenvalue weighted by atomic mass is 32.2. The van der Waals surface area contributed by atoms with Crippen LogP contribution in [0.4, 0.5) is 0 Å². The summed E-state index contributed by atoms with van der Waals surface area (Å²) in [6, 6.07) is 23.5. The largest absolute Gasteiger partial charge is 0.375 e. The van der Waals surface area contributed by atoms with E-state index < -0.39 is 28.1 Å². The zero-order chi connectivity index (χ0) is 22.9. The Kier molecular flexibility index (Phi) is 5.67. The van der Waals surface area contributed by atoms with Gasteiger partial charge in [-0.05, 0) is 6.07 Å². The molecular formula is C25H22N2O4S. The molecule has 0 radical (unpaired) electrons. The Morgan fingerprint density at radius 2 is 1.31 bits per heavy atom. The van der Waals surface area contributed by atoms with Crippen LogP contribution in [0.15, 0.2) is 95.5 Å². The lowest BCUT2D eigenvalue weighted by molar-refractivity contribution is 0.0957. The second-order valence-electron chi connectivity index (χ2n) is 7.58. The first kappa shape index (κ1) is 21.5. The maximum absolute atomic E-state index is 13.7. The molecule has 0 bridgehead atoms. The fourth-order valence-electron chi connectivity index (χ4n) is 3.78. The first-order valence-corrected chi connectivity index (χ1v) is 11.5. The van der Waals surface area contributed by atoms with Crippen molar-refractivity contribution in [3.63, 3.8) is 0 Å². The van der Waals surface area contributed by atoms with Gasteiger partial charge in [-0.25, -0.2) is 8.42 Å². The molecule has 1 heterocycles. The summed E-state index contributed by atoms with van der Waals surface area (Å²) < 4.78 is 28.3. The minimum Gasteiger partial charge on any atom is -0.375 e. The SMILES string of the molecule is CN(C)C1=C(C(=O)c2ccccc2)N(CC(=O)c2ccccc2)S(=O)(=O)c2ccccc21.